The van der Waals surface area contributed by atoms with Crippen molar-refractivity contribution in [2.24, 2.45) is 0 Å². The van der Waals surface area contributed by atoms with Crippen molar-refractivity contribution in [3.8, 4) is 0 Å². The van der Waals surface area contributed by atoms with Gasteiger partial charge in [0.2, 0.25) is 9.04 Å². The van der Waals surface area contributed by atoms with Gasteiger partial charge < -0.3 is 9.16 Å². The molecule has 0 N–H and O–H groups in total. The molecule has 1 atom stereocenters. The minimum atomic E-state index is -1.32. The summed E-state index contributed by atoms with van der Waals surface area (Å²) in [6.45, 7) is 8.20. The number of rotatable bonds is 4. The molecule has 1 aromatic rings. The van der Waals surface area contributed by atoms with Crippen LogP contribution in [-0.4, -0.2) is 28.4 Å². The monoisotopic (exact) mass is 236 g/mol. The van der Waals surface area contributed by atoms with Crippen LogP contribution in [0.3, 0.4) is 0 Å². The molecular formula is C13H20O2Si. The summed E-state index contributed by atoms with van der Waals surface area (Å²) < 4.78 is 11.5. The lowest BCUT2D eigenvalue weighted by atomic mass is 10.2. The maximum atomic E-state index is 6.18. The van der Waals surface area contributed by atoms with Crippen LogP contribution in [0.15, 0.2) is 24.3 Å². The molecule has 0 aromatic heterocycles. The van der Waals surface area contributed by atoms with E-state index in [2.05, 4.69) is 45.0 Å². The Morgan fingerprint density at radius 2 is 2.00 bits per heavy atom. The first-order valence-electron chi connectivity index (χ1n) is 5.97. The molecule has 0 aliphatic carbocycles. The summed E-state index contributed by atoms with van der Waals surface area (Å²) in [4.78, 5) is 0. The van der Waals surface area contributed by atoms with E-state index < -0.39 is 9.04 Å². The molecule has 0 saturated carbocycles. The van der Waals surface area contributed by atoms with Gasteiger partial charge in [0.15, 0.2) is 0 Å². The molecule has 1 aliphatic rings. The summed E-state index contributed by atoms with van der Waals surface area (Å²) in [5.74, 6) is 0. The molecule has 0 radical (unpaired) electrons. The summed E-state index contributed by atoms with van der Waals surface area (Å²) in [5, 5.41) is 1.45. The maximum absolute atomic E-state index is 6.18. The van der Waals surface area contributed by atoms with Crippen molar-refractivity contribution in [1.82, 2.24) is 0 Å². The fraction of sp³-hybridized carbons (Fsp3) is 0.538. The van der Waals surface area contributed by atoms with Gasteiger partial charge in [-0.05, 0) is 31.5 Å². The van der Waals surface area contributed by atoms with Crippen LogP contribution in [0, 0.1) is 6.92 Å². The van der Waals surface area contributed by atoms with Crippen molar-refractivity contribution in [1.29, 1.82) is 0 Å². The van der Waals surface area contributed by atoms with Crippen LogP contribution >= 0.6 is 0 Å². The van der Waals surface area contributed by atoms with E-state index in [-0.39, 0.29) is 0 Å². The van der Waals surface area contributed by atoms with Gasteiger partial charge in [0.05, 0.1) is 13.2 Å². The molecule has 1 unspecified atom stereocenters. The summed E-state index contributed by atoms with van der Waals surface area (Å²) in [6, 6.07) is 8.62. The SMILES string of the molecule is Cc1ccccc1[SiH](OC(C)C)C1COC1. The van der Waals surface area contributed by atoms with Gasteiger partial charge >= 0.3 is 0 Å². The number of aryl methyl sites for hydroxylation is 1. The van der Waals surface area contributed by atoms with Crippen molar-refractivity contribution in [2.75, 3.05) is 13.2 Å². The van der Waals surface area contributed by atoms with Gasteiger partial charge in [0.25, 0.3) is 0 Å². The van der Waals surface area contributed by atoms with Crippen LogP contribution in [0.4, 0.5) is 0 Å². The first kappa shape index (κ1) is 11.8. The predicted molar refractivity (Wildman–Crippen MR) is 68.8 cm³/mol. The topological polar surface area (TPSA) is 18.5 Å². The lowest BCUT2D eigenvalue weighted by molar-refractivity contribution is 0.0271. The molecule has 0 spiro atoms. The molecule has 3 heteroatoms. The van der Waals surface area contributed by atoms with Gasteiger partial charge in [-0.25, -0.2) is 0 Å². The molecule has 1 fully saturated rings. The third kappa shape index (κ3) is 2.54. The summed E-state index contributed by atoms with van der Waals surface area (Å²) in [7, 11) is -1.32. The van der Waals surface area contributed by atoms with Crippen molar-refractivity contribution in [3.05, 3.63) is 29.8 Å². The van der Waals surface area contributed by atoms with E-state index in [1.165, 1.54) is 10.8 Å². The zero-order valence-electron chi connectivity index (χ0n) is 10.3. The van der Waals surface area contributed by atoms with E-state index in [0.717, 1.165) is 13.2 Å². The smallest absolute Gasteiger partial charge is 0.216 e. The van der Waals surface area contributed by atoms with Gasteiger partial charge in [-0.15, -0.1) is 0 Å². The van der Waals surface area contributed by atoms with Crippen LogP contribution in [0.5, 0.6) is 0 Å². The molecule has 2 nitrogen and oxygen atoms in total. The number of hydrogen-bond donors (Lipinski definition) is 0. The largest absolute Gasteiger partial charge is 0.413 e. The van der Waals surface area contributed by atoms with E-state index in [1.54, 1.807) is 0 Å². The lowest BCUT2D eigenvalue weighted by Gasteiger charge is -2.34. The fourth-order valence-corrected chi connectivity index (χ4v) is 5.00. The quantitative estimate of drug-likeness (QED) is 0.742. The number of hydrogen-bond acceptors (Lipinski definition) is 2. The Morgan fingerprint density at radius 3 is 2.50 bits per heavy atom. The van der Waals surface area contributed by atoms with Gasteiger partial charge in [0.1, 0.15) is 0 Å². The number of benzene rings is 1. The average Bonchev–Trinajstić information content (AvgIpc) is 2.14. The molecule has 2 rings (SSSR count). The van der Waals surface area contributed by atoms with E-state index in [4.69, 9.17) is 9.16 Å². The van der Waals surface area contributed by atoms with E-state index in [1.807, 2.05) is 0 Å². The Kier molecular flexibility index (Phi) is 3.79. The Morgan fingerprint density at radius 1 is 1.31 bits per heavy atom. The van der Waals surface area contributed by atoms with E-state index >= 15 is 0 Å². The molecule has 1 heterocycles. The van der Waals surface area contributed by atoms with Gasteiger partial charge in [0, 0.05) is 11.6 Å². The standard InChI is InChI=1S/C13H20O2Si/c1-10(2)15-16(12-8-14-9-12)13-7-5-4-6-11(13)3/h4-7,10,12,16H,8-9H2,1-3H3. The molecule has 0 amide bonds. The van der Waals surface area contributed by atoms with Gasteiger partial charge in [-0.1, -0.05) is 24.3 Å². The van der Waals surface area contributed by atoms with Crippen LogP contribution in [-0.2, 0) is 9.16 Å². The van der Waals surface area contributed by atoms with E-state index in [0.29, 0.717) is 11.6 Å². The summed E-state index contributed by atoms with van der Waals surface area (Å²) in [5.41, 5.74) is 2.02. The van der Waals surface area contributed by atoms with E-state index in [9.17, 15) is 0 Å². The zero-order chi connectivity index (χ0) is 11.5. The molecule has 1 aliphatic heterocycles. The van der Waals surface area contributed by atoms with Crippen LogP contribution < -0.4 is 5.19 Å². The van der Waals surface area contributed by atoms with Gasteiger partial charge in [-0.2, -0.15) is 0 Å². The third-order valence-electron chi connectivity index (χ3n) is 3.01. The highest BCUT2D eigenvalue weighted by Crippen LogP contribution is 2.23. The molecule has 88 valence electrons. The van der Waals surface area contributed by atoms with Crippen molar-refractivity contribution < 1.29 is 9.16 Å². The summed E-state index contributed by atoms with van der Waals surface area (Å²) >= 11 is 0. The highest BCUT2D eigenvalue weighted by Gasteiger charge is 2.33. The van der Waals surface area contributed by atoms with Crippen LogP contribution in [0.1, 0.15) is 19.4 Å². The van der Waals surface area contributed by atoms with Gasteiger partial charge in [-0.3, -0.25) is 0 Å². The molecule has 16 heavy (non-hydrogen) atoms. The number of ether oxygens (including phenoxy) is 1. The Bertz CT molecular complexity index is 348. The molecule has 1 saturated heterocycles. The van der Waals surface area contributed by atoms with Crippen LogP contribution in [0.2, 0.25) is 5.54 Å². The minimum absolute atomic E-state index is 0.317. The first-order chi connectivity index (χ1) is 7.68. The second kappa shape index (κ2) is 5.12. The second-order valence-electron chi connectivity index (χ2n) is 4.76. The third-order valence-corrected chi connectivity index (χ3v) is 6.35. The Balaban J connectivity index is 2.20. The zero-order valence-corrected chi connectivity index (χ0v) is 11.4. The predicted octanol–water partition coefficient (Wildman–Crippen LogP) is 1.75. The molecule has 1 aromatic carbocycles. The van der Waals surface area contributed by atoms with Crippen LogP contribution in [0.25, 0.3) is 0 Å². The molecule has 0 bridgehead atoms. The van der Waals surface area contributed by atoms with Crippen molar-refractivity contribution >= 4 is 14.2 Å². The minimum Gasteiger partial charge on any atom is -0.413 e. The van der Waals surface area contributed by atoms with Crippen molar-refractivity contribution in [2.45, 2.75) is 32.4 Å². The highest BCUT2D eigenvalue weighted by atomic mass is 28.3. The summed E-state index contributed by atoms with van der Waals surface area (Å²) in [6.07, 6.45) is 0.317. The fourth-order valence-electron chi connectivity index (χ4n) is 2.07. The maximum Gasteiger partial charge on any atom is 0.216 e. The second-order valence-corrected chi connectivity index (χ2v) is 7.44. The molecular weight excluding hydrogens is 216 g/mol. The normalized spacial score (nSPS) is 18.5. The average molecular weight is 236 g/mol. The first-order valence-corrected chi connectivity index (χ1v) is 7.68. The Hall–Kier alpha value is -0.643. The lowest BCUT2D eigenvalue weighted by Crippen LogP contribution is -2.48. The highest BCUT2D eigenvalue weighted by molar-refractivity contribution is 6.69. The van der Waals surface area contributed by atoms with Crippen molar-refractivity contribution in [3.63, 3.8) is 0 Å². The Labute approximate surface area is 99.3 Å².